The third-order valence-electron chi connectivity index (χ3n) is 4.80. The highest BCUT2D eigenvalue weighted by Gasteiger charge is 2.58. The molecule has 1 spiro atoms. The molecule has 2 aliphatic rings. The van der Waals surface area contributed by atoms with E-state index in [1.807, 2.05) is 6.92 Å². The predicted molar refractivity (Wildman–Crippen MR) is 90.1 cm³/mol. The number of carbonyl (C=O) groups excluding carboxylic acids is 2. The van der Waals surface area contributed by atoms with Crippen LogP contribution in [0.2, 0.25) is 0 Å². The molecule has 1 aliphatic carbocycles. The second kappa shape index (κ2) is 8.73. The van der Waals surface area contributed by atoms with Gasteiger partial charge in [-0.2, -0.15) is 0 Å². The highest BCUT2D eigenvalue weighted by molar-refractivity contribution is 5.88. The number of halogens is 1. The van der Waals surface area contributed by atoms with E-state index in [4.69, 9.17) is 0 Å². The van der Waals surface area contributed by atoms with Crippen LogP contribution >= 0.6 is 12.4 Å². The van der Waals surface area contributed by atoms with Gasteiger partial charge >= 0.3 is 0 Å². The fourth-order valence-corrected chi connectivity index (χ4v) is 3.43. The Hall–Kier alpha value is -0.810. The van der Waals surface area contributed by atoms with E-state index in [9.17, 15) is 9.59 Å². The molecule has 6 heteroatoms. The molecule has 0 aromatic rings. The molecular weight excluding hydrogens is 302 g/mol. The summed E-state index contributed by atoms with van der Waals surface area (Å²) in [5.41, 5.74) is 0.244. The molecule has 1 unspecified atom stereocenters. The van der Waals surface area contributed by atoms with Gasteiger partial charge < -0.3 is 15.5 Å². The summed E-state index contributed by atoms with van der Waals surface area (Å²) >= 11 is 0. The molecule has 2 amide bonds. The average Bonchev–Trinajstić information content (AvgIpc) is 3.18. The van der Waals surface area contributed by atoms with Crippen molar-refractivity contribution in [2.75, 3.05) is 32.7 Å². The Morgan fingerprint density at radius 3 is 2.50 bits per heavy atom. The molecule has 1 atom stereocenters. The van der Waals surface area contributed by atoms with Crippen LogP contribution in [-0.4, -0.2) is 49.4 Å². The molecule has 2 N–H and O–H groups in total. The summed E-state index contributed by atoms with van der Waals surface area (Å²) < 4.78 is 0. The second-order valence-electron chi connectivity index (χ2n) is 6.48. The number of hydrogen-bond acceptors (Lipinski definition) is 3. The van der Waals surface area contributed by atoms with Crippen molar-refractivity contribution in [2.24, 2.45) is 11.3 Å². The summed E-state index contributed by atoms with van der Waals surface area (Å²) in [7, 11) is 0. The third-order valence-corrected chi connectivity index (χ3v) is 4.80. The maximum Gasteiger partial charge on any atom is 0.239 e. The molecule has 2 fully saturated rings. The van der Waals surface area contributed by atoms with Crippen LogP contribution in [0.4, 0.5) is 0 Å². The van der Waals surface area contributed by atoms with E-state index in [1.54, 1.807) is 4.90 Å². The summed E-state index contributed by atoms with van der Waals surface area (Å²) in [5.74, 6) is 0.328. The topological polar surface area (TPSA) is 61.4 Å². The Labute approximate surface area is 140 Å². The van der Waals surface area contributed by atoms with Gasteiger partial charge in [-0.15, -0.1) is 12.4 Å². The molecule has 1 heterocycles. The maximum atomic E-state index is 12.7. The van der Waals surface area contributed by atoms with Gasteiger partial charge in [-0.25, -0.2) is 0 Å². The Balaban J connectivity index is 0.00000242. The zero-order valence-corrected chi connectivity index (χ0v) is 14.6. The van der Waals surface area contributed by atoms with Crippen molar-refractivity contribution in [1.29, 1.82) is 0 Å². The molecule has 2 rings (SSSR count). The first-order valence-corrected chi connectivity index (χ1v) is 8.39. The lowest BCUT2D eigenvalue weighted by Gasteiger charge is -2.26. The standard InChI is InChI=1S/C16H29N3O2.ClH/c1-3-7-18-14(20)12-19(10-4-2)15(21)13-11-16(13)5-8-17-9-6-16;/h13,17H,3-12H2,1-2H3,(H,18,20);1H. The fourth-order valence-electron chi connectivity index (χ4n) is 3.43. The number of amides is 2. The van der Waals surface area contributed by atoms with Gasteiger partial charge in [-0.1, -0.05) is 13.8 Å². The van der Waals surface area contributed by atoms with Crippen molar-refractivity contribution in [3.05, 3.63) is 0 Å². The van der Waals surface area contributed by atoms with Gasteiger partial charge in [-0.05, 0) is 50.6 Å². The molecule has 0 aromatic heterocycles. The minimum atomic E-state index is -0.0290. The van der Waals surface area contributed by atoms with E-state index < -0.39 is 0 Å². The van der Waals surface area contributed by atoms with Crippen molar-refractivity contribution in [1.82, 2.24) is 15.5 Å². The van der Waals surface area contributed by atoms with Gasteiger partial charge in [0.15, 0.2) is 0 Å². The van der Waals surface area contributed by atoms with Gasteiger partial charge in [0.05, 0.1) is 6.54 Å². The smallest absolute Gasteiger partial charge is 0.239 e. The average molecular weight is 332 g/mol. The largest absolute Gasteiger partial charge is 0.355 e. The quantitative estimate of drug-likeness (QED) is 0.744. The Morgan fingerprint density at radius 1 is 1.23 bits per heavy atom. The first kappa shape index (κ1) is 19.2. The first-order valence-electron chi connectivity index (χ1n) is 8.39. The first-order chi connectivity index (χ1) is 10.1. The molecule has 0 bridgehead atoms. The number of rotatable bonds is 7. The van der Waals surface area contributed by atoms with Crippen LogP contribution in [0.25, 0.3) is 0 Å². The number of carbonyl (C=O) groups is 2. The van der Waals surface area contributed by atoms with Crippen LogP contribution < -0.4 is 10.6 Å². The number of piperidine rings is 1. The fraction of sp³-hybridized carbons (Fsp3) is 0.875. The summed E-state index contributed by atoms with van der Waals surface area (Å²) in [6.07, 6.45) is 5.04. The molecule has 0 radical (unpaired) electrons. The minimum absolute atomic E-state index is 0. The summed E-state index contributed by atoms with van der Waals surface area (Å²) in [5, 5.41) is 6.22. The van der Waals surface area contributed by atoms with Crippen molar-refractivity contribution in [2.45, 2.75) is 46.0 Å². The SMILES string of the molecule is CCCNC(=O)CN(CCC)C(=O)C1CC12CCNCC2.Cl. The number of nitrogens with zero attached hydrogens (tertiary/aromatic N) is 1. The molecule has 1 aliphatic heterocycles. The number of hydrogen-bond donors (Lipinski definition) is 2. The van der Waals surface area contributed by atoms with E-state index in [-0.39, 0.29) is 42.1 Å². The molecule has 22 heavy (non-hydrogen) atoms. The van der Waals surface area contributed by atoms with Gasteiger partial charge in [0.25, 0.3) is 0 Å². The zero-order valence-electron chi connectivity index (χ0n) is 13.8. The normalized spacial score (nSPS) is 21.8. The minimum Gasteiger partial charge on any atom is -0.355 e. The van der Waals surface area contributed by atoms with E-state index in [0.717, 1.165) is 45.2 Å². The zero-order chi connectivity index (χ0) is 15.3. The van der Waals surface area contributed by atoms with Gasteiger partial charge in [0, 0.05) is 19.0 Å². The Bertz CT molecular complexity index is 384. The van der Waals surface area contributed by atoms with E-state index in [1.165, 1.54) is 0 Å². The van der Waals surface area contributed by atoms with Crippen molar-refractivity contribution in [3.8, 4) is 0 Å². The highest BCUT2D eigenvalue weighted by Crippen LogP contribution is 2.59. The van der Waals surface area contributed by atoms with E-state index >= 15 is 0 Å². The van der Waals surface area contributed by atoms with Crippen LogP contribution in [-0.2, 0) is 9.59 Å². The van der Waals surface area contributed by atoms with Crippen LogP contribution in [0.3, 0.4) is 0 Å². The monoisotopic (exact) mass is 331 g/mol. The molecule has 128 valence electrons. The molecule has 0 aromatic carbocycles. The molecule has 1 saturated carbocycles. The van der Waals surface area contributed by atoms with Gasteiger partial charge in [0.1, 0.15) is 0 Å². The van der Waals surface area contributed by atoms with Crippen LogP contribution in [0.5, 0.6) is 0 Å². The summed E-state index contributed by atoms with van der Waals surface area (Å²) in [4.78, 5) is 26.4. The molecule has 1 saturated heterocycles. The Kier molecular flexibility index (Phi) is 7.63. The van der Waals surface area contributed by atoms with Gasteiger partial charge in [0.2, 0.25) is 11.8 Å². The highest BCUT2D eigenvalue weighted by atomic mass is 35.5. The van der Waals surface area contributed by atoms with Crippen molar-refractivity contribution < 1.29 is 9.59 Å². The van der Waals surface area contributed by atoms with E-state index in [2.05, 4.69) is 17.6 Å². The summed E-state index contributed by atoms with van der Waals surface area (Å²) in [6, 6.07) is 0. The lowest BCUT2D eigenvalue weighted by atomic mass is 9.91. The molecule has 5 nitrogen and oxygen atoms in total. The lowest BCUT2D eigenvalue weighted by Crippen LogP contribution is -2.43. The van der Waals surface area contributed by atoms with Crippen molar-refractivity contribution >= 4 is 24.2 Å². The predicted octanol–water partition coefficient (Wildman–Crippen LogP) is 1.56. The van der Waals surface area contributed by atoms with E-state index in [0.29, 0.717) is 13.1 Å². The van der Waals surface area contributed by atoms with Crippen LogP contribution in [0.15, 0.2) is 0 Å². The lowest BCUT2D eigenvalue weighted by molar-refractivity contribution is -0.138. The van der Waals surface area contributed by atoms with Crippen molar-refractivity contribution in [3.63, 3.8) is 0 Å². The van der Waals surface area contributed by atoms with Crippen LogP contribution in [0, 0.1) is 11.3 Å². The Morgan fingerprint density at radius 2 is 1.91 bits per heavy atom. The third kappa shape index (κ3) is 4.59. The second-order valence-corrected chi connectivity index (χ2v) is 6.48. The van der Waals surface area contributed by atoms with Crippen LogP contribution in [0.1, 0.15) is 46.0 Å². The molecular formula is C16H30ClN3O2. The summed E-state index contributed by atoms with van der Waals surface area (Å²) in [6.45, 7) is 7.72. The number of nitrogens with one attached hydrogen (secondary N) is 2. The van der Waals surface area contributed by atoms with Gasteiger partial charge in [-0.3, -0.25) is 9.59 Å². The maximum absolute atomic E-state index is 12.7.